The van der Waals surface area contributed by atoms with E-state index in [4.69, 9.17) is 16.3 Å². The molecule has 0 bridgehead atoms. The average molecular weight is 390 g/mol. The fourth-order valence-corrected chi connectivity index (χ4v) is 3.76. The van der Waals surface area contributed by atoms with E-state index < -0.39 is 12.6 Å². The van der Waals surface area contributed by atoms with E-state index in [9.17, 15) is 14.4 Å². The Balaban J connectivity index is 1.82. The first-order valence-electron chi connectivity index (χ1n) is 8.00. The predicted molar refractivity (Wildman–Crippen MR) is 100 cm³/mol. The molecule has 2 aromatic carbocycles. The van der Waals surface area contributed by atoms with Gasteiger partial charge in [0.25, 0.3) is 5.91 Å². The number of Topliss-reactive ketones (excluding diaryl/α,β-unsaturated/α-hetero) is 1. The number of carbonyl (C=O) groups excluding carboxylic acids is 3. The second-order valence-electron chi connectivity index (χ2n) is 5.77. The number of carbonyl (C=O) groups is 3. The first-order valence-corrected chi connectivity index (χ1v) is 9.19. The van der Waals surface area contributed by atoms with Crippen molar-refractivity contribution in [1.29, 1.82) is 0 Å². The van der Waals surface area contributed by atoms with Gasteiger partial charge in [-0.05, 0) is 37.3 Å². The number of hydrogen-bond donors (Lipinski definition) is 0. The molecule has 0 unspecified atom stereocenters. The molecule has 7 heteroatoms. The molecule has 1 aliphatic heterocycles. The Morgan fingerprint density at radius 1 is 1.04 bits per heavy atom. The van der Waals surface area contributed by atoms with Crippen molar-refractivity contribution in [3.8, 4) is 0 Å². The smallest absolute Gasteiger partial charge is 0.306 e. The average Bonchev–Trinajstić information content (AvgIpc) is 2.62. The highest BCUT2D eigenvalue weighted by molar-refractivity contribution is 7.99. The van der Waals surface area contributed by atoms with Crippen LogP contribution in [0.15, 0.2) is 52.3 Å². The second-order valence-corrected chi connectivity index (χ2v) is 7.29. The lowest BCUT2D eigenvalue weighted by Crippen LogP contribution is -2.32. The Labute approximate surface area is 160 Å². The van der Waals surface area contributed by atoms with Crippen LogP contribution in [0.1, 0.15) is 19.8 Å². The minimum Gasteiger partial charge on any atom is -0.456 e. The van der Waals surface area contributed by atoms with E-state index in [-0.39, 0.29) is 24.5 Å². The SMILES string of the molecule is CC(=O)CCC(=O)OCC(=O)N1c2ccccc2Sc2ccc(Cl)cc21. The van der Waals surface area contributed by atoms with E-state index in [1.54, 1.807) is 23.9 Å². The zero-order chi connectivity index (χ0) is 18.7. The van der Waals surface area contributed by atoms with Crippen LogP contribution in [0.25, 0.3) is 0 Å². The molecule has 1 heterocycles. The quantitative estimate of drug-likeness (QED) is 0.710. The molecule has 0 aromatic heterocycles. The Hall–Kier alpha value is -2.31. The fourth-order valence-electron chi connectivity index (χ4n) is 2.55. The molecule has 0 aliphatic carbocycles. The summed E-state index contributed by atoms with van der Waals surface area (Å²) in [5.74, 6) is -1.05. The van der Waals surface area contributed by atoms with Crippen molar-refractivity contribution in [3.63, 3.8) is 0 Å². The third-order valence-corrected chi connectivity index (χ3v) is 5.14. The summed E-state index contributed by atoms with van der Waals surface area (Å²) in [6, 6.07) is 12.8. The van der Waals surface area contributed by atoms with Gasteiger partial charge in [-0.3, -0.25) is 14.5 Å². The van der Waals surface area contributed by atoms with Crippen LogP contribution < -0.4 is 4.90 Å². The molecule has 2 aromatic rings. The fraction of sp³-hybridized carbons (Fsp3) is 0.211. The Morgan fingerprint density at radius 2 is 1.77 bits per heavy atom. The van der Waals surface area contributed by atoms with Crippen LogP contribution in [-0.2, 0) is 19.1 Å². The zero-order valence-corrected chi connectivity index (χ0v) is 15.6. The van der Waals surface area contributed by atoms with Gasteiger partial charge in [-0.15, -0.1) is 0 Å². The summed E-state index contributed by atoms with van der Waals surface area (Å²) in [6.45, 7) is 1.00. The van der Waals surface area contributed by atoms with Crippen molar-refractivity contribution in [1.82, 2.24) is 0 Å². The van der Waals surface area contributed by atoms with Gasteiger partial charge in [0.15, 0.2) is 6.61 Å². The van der Waals surface area contributed by atoms with Crippen molar-refractivity contribution in [2.24, 2.45) is 0 Å². The Bertz CT molecular complexity index is 884. The molecule has 0 saturated carbocycles. The first-order chi connectivity index (χ1) is 12.5. The molecule has 0 fully saturated rings. The van der Waals surface area contributed by atoms with Crippen molar-refractivity contribution in [2.75, 3.05) is 11.5 Å². The van der Waals surface area contributed by atoms with Gasteiger partial charge in [-0.1, -0.05) is 35.5 Å². The molecular weight excluding hydrogens is 374 g/mol. The lowest BCUT2D eigenvalue weighted by atomic mass is 10.2. The Kier molecular flexibility index (Phi) is 5.64. The van der Waals surface area contributed by atoms with Gasteiger partial charge in [0.2, 0.25) is 0 Å². The normalized spacial score (nSPS) is 12.2. The van der Waals surface area contributed by atoms with E-state index in [2.05, 4.69) is 0 Å². The van der Waals surface area contributed by atoms with E-state index in [1.165, 1.54) is 11.8 Å². The van der Waals surface area contributed by atoms with Crippen LogP contribution in [0.3, 0.4) is 0 Å². The summed E-state index contributed by atoms with van der Waals surface area (Å²) in [6.07, 6.45) is 0.0755. The number of fused-ring (bicyclic) bond motifs is 2. The summed E-state index contributed by atoms with van der Waals surface area (Å²) < 4.78 is 5.05. The van der Waals surface area contributed by atoms with E-state index in [0.29, 0.717) is 10.7 Å². The maximum Gasteiger partial charge on any atom is 0.306 e. The molecule has 0 N–H and O–H groups in total. The molecule has 1 amide bonds. The molecule has 134 valence electrons. The van der Waals surface area contributed by atoms with Crippen LogP contribution in [0.5, 0.6) is 0 Å². The predicted octanol–water partition coefficient (Wildman–Crippen LogP) is 4.38. The highest BCUT2D eigenvalue weighted by Crippen LogP contribution is 2.48. The number of hydrogen-bond acceptors (Lipinski definition) is 5. The largest absolute Gasteiger partial charge is 0.456 e. The molecule has 26 heavy (non-hydrogen) atoms. The number of esters is 1. The molecule has 0 atom stereocenters. The number of para-hydroxylation sites is 1. The number of halogens is 1. The molecule has 5 nitrogen and oxygen atoms in total. The van der Waals surface area contributed by atoms with Crippen LogP contribution >= 0.6 is 23.4 Å². The molecule has 1 aliphatic rings. The zero-order valence-electron chi connectivity index (χ0n) is 14.0. The monoisotopic (exact) mass is 389 g/mol. The van der Waals surface area contributed by atoms with Crippen LogP contribution in [-0.4, -0.2) is 24.3 Å². The molecule has 0 saturated heterocycles. The Morgan fingerprint density at radius 3 is 2.54 bits per heavy atom. The highest BCUT2D eigenvalue weighted by Gasteiger charge is 2.28. The number of amides is 1. The van der Waals surface area contributed by atoms with Gasteiger partial charge in [0.1, 0.15) is 5.78 Å². The van der Waals surface area contributed by atoms with Gasteiger partial charge < -0.3 is 9.53 Å². The number of nitrogens with zero attached hydrogens (tertiary/aromatic N) is 1. The van der Waals surface area contributed by atoms with Gasteiger partial charge in [-0.2, -0.15) is 0 Å². The van der Waals surface area contributed by atoms with E-state index >= 15 is 0 Å². The molecule has 0 spiro atoms. The third kappa shape index (κ3) is 4.08. The topological polar surface area (TPSA) is 63.7 Å². The first kappa shape index (κ1) is 18.5. The third-order valence-electron chi connectivity index (χ3n) is 3.78. The highest BCUT2D eigenvalue weighted by atomic mass is 35.5. The standard InChI is InChI=1S/C19H16ClNO4S/c1-12(22)6-9-19(24)25-11-18(23)21-14-4-2-3-5-16(14)26-17-8-7-13(20)10-15(17)21/h2-5,7-8,10H,6,9,11H2,1H3. The van der Waals surface area contributed by atoms with Crippen molar-refractivity contribution in [2.45, 2.75) is 29.6 Å². The van der Waals surface area contributed by atoms with Gasteiger partial charge in [0, 0.05) is 21.2 Å². The number of ketones is 1. The minimum absolute atomic E-state index is 0.0303. The van der Waals surface area contributed by atoms with Crippen molar-refractivity contribution < 1.29 is 19.1 Å². The summed E-state index contributed by atoms with van der Waals surface area (Å²) >= 11 is 7.66. The summed E-state index contributed by atoms with van der Waals surface area (Å²) in [5, 5.41) is 0.514. The number of benzene rings is 2. The van der Waals surface area contributed by atoms with Crippen LogP contribution in [0.2, 0.25) is 5.02 Å². The number of rotatable bonds is 5. The van der Waals surface area contributed by atoms with Gasteiger partial charge in [0.05, 0.1) is 17.8 Å². The lowest BCUT2D eigenvalue weighted by molar-refractivity contribution is -0.148. The molecule has 3 rings (SSSR count). The summed E-state index contributed by atoms with van der Waals surface area (Å²) in [7, 11) is 0. The van der Waals surface area contributed by atoms with Crippen molar-refractivity contribution in [3.05, 3.63) is 47.5 Å². The minimum atomic E-state index is -0.570. The number of anilines is 2. The lowest BCUT2D eigenvalue weighted by Gasteiger charge is -2.31. The number of ether oxygens (including phenoxy) is 1. The molecule has 0 radical (unpaired) electrons. The van der Waals surface area contributed by atoms with E-state index in [1.807, 2.05) is 30.3 Å². The van der Waals surface area contributed by atoms with Crippen LogP contribution in [0.4, 0.5) is 11.4 Å². The van der Waals surface area contributed by atoms with Crippen molar-refractivity contribution >= 4 is 52.4 Å². The molecular formula is C19H16ClNO4S. The second kappa shape index (κ2) is 7.93. The maximum absolute atomic E-state index is 12.8. The van der Waals surface area contributed by atoms with Gasteiger partial charge in [-0.25, -0.2) is 0 Å². The van der Waals surface area contributed by atoms with Crippen LogP contribution in [0, 0.1) is 0 Å². The van der Waals surface area contributed by atoms with Gasteiger partial charge >= 0.3 is 5.97 Å². The summed E-state index contributed by atoms with van der Waals surface area (Å²) in [5.41, 5.74) is 1.38. The summed E-state index contributed by atoms with van der Waals surface area (Å²) in [4.78, 5) is 38.8. The maximum atomic E-state index is 12.8. The van der Waals surface area contributed by atoms with E-state index in [0.717, 1.165) is 15.5 Å².